The molecule has 0 spiro atoms. The summed E-state index contributed by atoms with van der Waals surface area (Å²) in [7, 11) is 0. The maximum absolute atomic E-state index is 10.1. The van der Waals surface area contributed by atoms with Crippen molar-refractivity contribution in [3.63, 3.8) is 0 Å². The molecule has 2 aliphatic carbocycles. The fourth-order valence-corrected chi connectivity index (χ4v) is 3.31. The van der Waals surface area contributed by atoms with E-state index in [9.17, 15) is 5.11 Å². The molecule has 0 fully saturated rings. The Kier molecular flexibility index (Phi) is 2.78. The molecule has 0 aliphatic heterocycles. The first-order chi connectivity index (χ1) is 7.33. The summed E-state index contributed by atoms with van der Waals surface area (Å²) in [6, 6.07) is 0. The Morgan fingerprint density at radius 2 is 2.00 bits per heavy atom. The van der Waals surface area contributed by atoms with Crippen LogP contribution in [0.25, 0.3) is 0 Å². The van der Waals surface area contributed by atoms with E-state index in [2.05, 4.69) is 38.2 Å². The first-order valence-corrected chi connectivity index (χ1v) is 6.41. The van der Waals surface area contributed by atoms with Gasteiger partial charge >= 0.3 is 0 Å². The van der Waals surface area contributed by atoms with E-state index in [1.54, 1.807) is 0 Å². The molecule has 0 amide bonds. The first kappa shape index (κ1) is 11.9. The zero-order valence-corrected chi connectivity index (χ0v) is 10.9. The van der Waals surface area contributed by atoms with Crippen LogP contribution in [-0.2, 0) is 0 Å². The average molecular weight is 220 g/mol. The molecule has 0 saturated heterocycles. The number of allylic oxidation sites excluding steroid dienone is 3. The van der Waals surface area contributed by atoms with Crippen molar-refractivity contribution >= 4 is 0 Å². The van der Waals surface area contributed by atoms with Gasteiger partial charge < -0.3 is 5.11 Å². The number of fused-ring (bicyclic) bond motifs is 1. The van der Waals surface area contributed by atoms with Crippen molar-refractivity contribution in [2.75, 3.05) is 0 Å². The van der Waals surface area contributed by atoms with Crippen molar-refractivity contribution in [2.45, 2.75) is 46.1 Å². The van der Waals surface area contributed by atoms with E-state index >= 15 is 0 Å². The molecule has 1 nitrogen and oxygen atoms in total. The normalized spacial score (nSPS) is 43.2. The van der Waals surface area contributed by atoms with Gasteiger partial charge in [-0.05, 0) is 43.9 Å². The van der Waals surface area contributed by atoms with E-state index in [1.807, 2.05) is 13.8 Å². The van der Waals surface area contributed by atoms with Crippen molar-refractivity contribution < 1.29 is 5.11 Å². The van der Waals surface area contributed by atoms with E-state index in [0.29, 0.717) is 23.2 Å². The van der Waals surface area contributed by atoms with Crippen LogP contribution < -0.4 is 0 Å². The predicted octanol–water partition coefficient (Wildman–Crippen LogP) is 3.55. The molecule has 0 aromatic heterocycles. The van der Waals surface area contributed by atoms with Crippen molar-refractivity contribution in [3.05, 3.63) is 24.3 Å². The maximum atomic E-state index is 10.1. The Morgan fingerprint density at radius 3 is 2.62 bits per heavy atom. The molecule has 0 aromatic rings. The van der Waals surface area contributed by atoms with Gasteiger partial charge in [-0.25, -0.2) is 0 Å². The Morgan fingerprint density at radius 1 is 1.31 bits per heavy atom. The molecule has 2 aliphatic rings. The maximum Gasteiger partial charge on any atom is 0.0654 e. The smallest absolute Gasteiger partial charge is 0.0654 e. The second-order valence-corrected chi connectivity index (χ2v) is 6.46. The van der Waals surface area contributed by atoms with Crippen LogP contribution in [0.2, 0.25) is 0 Å². The van der Waals surface area contributed by atoms with Crippen LogP contribution in [0.3, 0.4) is 0 Å². The minimum absolute atomic E-state index is 0.305. The van der Waals surface area contributed by atoms with E-state index in [4.69, 9.17) is 0 Å². The number of hydrogen-bond donors (Lipinski definition) is 1. The molecule has 2 rings (SSSR count). The largest absolute Gasteiger partial charge is 0.390 e. The monoisotopic (exact) mass is 220 g/mol. The Labute approximate surface area is 99.3 Å². The second-order valence-electron chi connectivity index (χ2n) is 6.46. The minimum atomic E-state index is -0.585. The molecule has 16 heavy (non-hydrogen) atoms. The second kappa shape index (κ2) is 3.73. The molecular formula is C15H24O. The molecule has 0 heterocycles. The van der Waals surface area contributed by atoms with E-state index in [0.717, 1.165) is 12.8 Å². The number of hydrogen-bond acceptors (Lipinski definition) is 1. The summed E-state index contributed by atoms with van der Waals surface area (Å²) in [6.45, 7) is 8.51. The fourth-order valence-electron chi connectivity index (χ4n) is 3.31. The summed E-state index contributed by atoms with van der Waals surface area (Å²) in [5, 5.41) is 10.1. The molecule has 1 N–H and O–H groups in total. The molecule has 0 bridgehead atoms. The molecular weight excluding hydrogens is 196 g/mol. The number of rotatable bonds is 1. The van der Waals surface area contributed by atoms with Gasteiger partial charge in [0.15, 0.2) is 0 Å². The van der Waals surface area contributed by atoms with Crippen LogP contribution >= 0.6 is 0 Å². The summed E-state index contributed by atoms with van der Waals surface area (Å²) in [5.41, 5.74) is -0.269. The van der Waals surface area contributed by atoms with Gasteiger partial charge in [0.2, 0.25) is 0 Å². The summed E-state index contributed by atoms with van der Waals surface area (Å²) in [6.07, 6.45) is 11.5. The first-order valence-electron chi connectivity index (χ1n) is 6.41. The third kappa shape index (κ3) is 1.98. The van der Waals surface area contributed by atoms with Gasteiger partial charge in [0.05, 0.1) is 5.60 Å². The standard InChI is InChI=1S/C15H24O/c1-11-6-5-8-15(4)9-7-12(10-13(11)15)14(2,3)16/h5-7,9,11-13,16H,8,10H2,1-4H3. The molecule has 0 aromatic carbocycles. The van der Waals surface area contributed by atoms with Crippen LogP contribution in [0.5, 0.6) is 0 Å². The molecule has 4 unspecified atom stereocenters. The van der Waals surface area contributed by atoms with Gasteiger partial charge in [-0.15, -0.1) is 0 Å². The summed E-state index contributed by atoms with van der Waals surface area (Å²) >= 11 is 0. The van der Waals surface area contributed by atoms with Gasteiger partial charge in [-0.3, -0.25) is 0 Å². The molecule has 0 radical (unpaired) electrons. The lowest BCUT2D eigenvalue weighted by Gasteiger charge is -2.47. The van der Waals surface area contributed by atoms with Crippen molar-refractivity contribution in [1.29, 1.82) is 0 Å². The zero-order valence-electron chi connectivity index (χ0n) is 10.9. The molecule has 0 saturated carbocycles. The lowest BCUT2D eigenvalue weighted by Crippen LogP contribution is -2.41. The quantitative estimate of drug-likeness (QED) is 0.670. The summed E-state index contributed by atoms with van der Waals surface area (Å²) in [4.78, 5) is 0. The highest BCUT2D eigenvalue weighted by atomic mass is 16.3. The Bertz CT molecular complexity index is 321. The van der Waals surface area contributed by atoms with E-state index < -0.39 is 5.60 Å². The highest BCUT2D eigenvalue weighted by molar-refractivity contribution is 5.18. The van der Waals surface area contributed by atoms with Gasteiger partial charge in [0.1, 0.15) is 0 Å². The fraction of sp³-hybridized carbons (Fsp3) is 0.733. The highest BCUT2D eigenvalue weighted by Gasteiger charge is 2.42. The Hall–Kier alpha value is -0.560. The van der Waals surface area contributed by atoms with Gasteiger partial charge in [0, 0.05) is 5.92 Å². The van der Waals surface area contributed by atoms with Crippen LogP contribution in [0.15, 0.2) is 24.3 Å². The van der Waals surface area contributed by atoms with Gasteiger partial charge in [-0.1, -0.05) is 38.2 Å². The zero-order chi connectivity index (χ0) is 12.0. The van der Waals surface area contributed by atoms with Crippen LogP contribution in [0.1, 0.15) is 40.5 Å². The third-order valence-corrected chi connectivity index (χ3v) is 4.60. The summed E-state index contributed by atoms with van der Waals surface area (Å²) < 4.78 is 0. The average Bonchev–Trinajstić information content (AvgIpc) is 2.15. The molecule has 90 valence electrons. The topological polar surface area (TPSA) is 20.2 Å². The van der Waals surface area contributed by atoms with Crippen molar-refractivity contribution in [1.82, 2.24) is 0 Å². The van der Waals surface area contributed by atoms with Crippen LogP contribution in [-0.4, -0.2) is 10.7 Å². The third-order valence-electron chi connectivity index (χ3n) is 4.60. The van der Waals surface area contributed by atoms with Crippen molar-refractivity contribution in [2.24, 2.45) is 23.2 Å². The van der Waals surface area contributed by atoms with Crippen LogP contribution in [0.4, 0.5) is 0 Å². The van der Waals surface area contributed by atoms with E-state index in [1.165, 1.54) is 0 Å². The van der Waals surface area contributed by atoms with Crippen LogP contribution in [0, 0.1) is 23.2 Å². The molecule has 4 atom stereocenters. The SMILES string of the molecule is CC1C=CCC2(C)C=CC(C(C)(C)O)CC12. The van der Waals surface area contributed by atoms with E-state index in [-0.39, 0.29) is 0 Å². The summed E-state index contributed by atoms with van der Waals surface area (Å²) in [5.74, 6) is 1.62. The van der Waals surface area contributed by atoms with Gasteiger partial charge in [-0.2, -0.15) is 0 Å². The predicted molar refractivity (Wildman–Crippen MR) is 68.1 cm³/mol. The Balaban J connectivity index is 2.26. The lowest BCUT2D eigenvalue weighted by molar-refractivity contribution is 0.00578. The van der Waals surface area contributed by atoms with Crippen molar-refractivity contribution in [3.8, 4) is 0 Å². The minimum Gasteiger partial charge on any atom is -0.390 e. The lowest BCUT2D eigenvalue weighted by atomic mass is 9.59. The van der Waals surface area contributed by atoms with Gasteiger partial charge in [0.25, 0.3) is 0 Å². The number of aliphatic hydroxyl groups is 1. The highest BCUT2D eigenvalue weighted by Crippen LogP contribution is 2.49. The molecule has 1 heteroatoms.